The molecule has 0 spiro atoms. The van der Waals surface area contributed by atoms with Crippen LogP contribution in [-0.4, -0.2) is 61.5 Å². The van der Waals surface area contributed by atoms with E-state index in [9.17, 15) is 9.59 Å². The summed E-state index contributed by atoms with van der Waals surface area (Å²) >= 11 is 0. The Morgan fingerprint density at radius 3 is 2.69 bits per heavy atom. The second-order valence-electron chi connectivity index (χ2n) is 7.20. The molecule has 1 amide bonds. The van der Waals surface area contributed by atoms with Gasteiger partial charge in [-0.25, -0.2) is 4.98 Å². The van der Waals surface area contributed by atoms with Gasteiger partial charge in [0.1, 0.15) is 5.65 Å². The molecule has 0 radical (unpaired) electrons. The van der Waals surface area contributed by atoms with Gasteiger partial charge in [0.25, 0.3) is 11.5 Å². The summed E-state index contributed by atoms with van der Waals surface area (Å²) in [5.74, 6) is -0.0517. The molecule has 3 aromatic heterocycles. The summed E-state index contributed by atoms with van der Waals surface area (Å²) in [7, 11) is 0. The molecule has 1 aliphatic heterocycles. The van der Waals surface area contributed by atoms with Crippen molar-refractivity contribution >= 4 is 22.5 Å². The molecule has 0 bridgehead atoms. The first kappa shape index (κ1) is 17.6. The van der Waals surface area contributed by atoms with Gasteiger partial charge in [-0.2, -0.15) is 5.10 Å². The lowest BCUT2D eigenvalue weighted by Gasteiger charge is -2.34. The molecule has 29 heavy (non-hydrogen) atoms. The van der Waals surface area contributed by atoms with Crippen LogP contribution in [0.5, 0.6) is 0 Å². The minimum Gasteiger partial charge on any atom is -0.335 e. The molecule has 5 rings (SSSR count). The van der Waals surface area contributed by atoms with Crippen molar-refractivity contribution in [3.63, 3.8) is 0 Å². The van der Waals surface area contributed by atoms with Gasteiger partial charge in [0, 0.05) is 50.4 Å². The summed E-state index contributed by atoms with van der Waals surface area (Å²) in [6.45, 7) is 3.28. The molecule has 4 heterocycles. The Kier molecular flexibility index (Phi) is 4.33. The summed E-state index contributed by atoms with van der Waals surface area (Å²) in [4.78, 5) is 33.8. The Labute approximate surface area is 166 Å². The van der Waals surface area contributed by atoms with Gasteiger partial charge in [0.15, 0.2) is 5.69 Å². The van der Waals surface area contributed by atoms with Crippen LogP contribution >= 0.6 is 0 Å². The number of nitrogens with one attached hydrogen (secondary N) is 1. The topological polar surface area (TPSA) is 86.6 Å². The Morgan fingerprint density at radius 2 is 1.83 bits per heavy atom. The molecule has 0 atom stereocenters. The predicted molar refractivity (Wildman–Crippen MR) is 109 cm³/mol. The lowest BCUT2D eigenvalue weighted by atomic mass is 10.2. The van der Waals surface area contributed by atoms with Gasteiger partial charge in [0.2, 0.25) is 0 Å². The number of pyridine rings is 1. The van der Waals surface area contributed by atoms with Crippen molar-refractivity contribution < 1.29 is 4.79 Å². The molecule has 8 heteroatoms. The van der Waals surface area contributed by atoms with E-state index in [0.717, 1.165) is 29.7 Å². The SMILES string of the molecule is O=C(c1n[nH]c2ccccc12)N1CCN(Cc2cc(=O)n3ccccc3n2)CC1. The van der Waals surface area contributed by atoms with Gasteiger partial charge in [0.05, 0.1) is 11.2 Å². The Hall–Kier alpha value is -3.52. The van der Waals surface area contributed by atoms with E-state index in [0.29, 0.717) is 31.0 Å². The minimum atomic E-state index is -0.0789. The fraction of sp³-hybridized carbons (Fsp3) is 0.238. The molecular formula is C21H20N6O2. The van der Waals surface area contributed by atoms with Crippen molar-refractivity contribution in [1.82, 2.24) is 29.4 Å². The third kappa shape index (κ3) is 3.27. The fourth-order valence-corrected chi connectivity index (χ4v) is 3.80. The number of aromatic amines is 1. The van der Waals surface area contributed by atoms with Crippen LogP contribution < -0.4 is 5.56 Å². The standard InChI is InChI=1S/C21H20N6O2/c28-19-13-15(22-18-7-3-4-8-27(18)19)14-25-9-11-26(12-10-25)21(29)20-16-5-1-2-6-17(16)23-24-20/h1-8,13H,9-12,14H2,(H,23,24). The Balaban J connectivity index is 1.27. The van der Waals surface area contributed by atoms with Crippen molar-refractivity contribution in [1.29, 1.82) is 0 Å². The summed E-state index contributed by atoms with van der Waals surface area (Å²) in [5.41, 5.74) is 2.65. The number of carbonyl (C=O) groups excluding carboxylic acids is 1. The first-order valence-corrected chi connectivity index (χ1v) is 9.61. The molecule has 0 aliphatic carbocycles. The lowest BCUT2D eigenvalue weighted by molar-refractivity contribution is 0.0623. The van der Waals surface area contributed by atoms with E-state index >= 15 is 0 Å². The molecule has 8 nitrogen and oxygen atoms in total. The summed E-state index contributed by atoms with van der Waals surface area (Å²) < 4.78 is 1.54. The largest absolute Gasteiger partial charge is 0.335 e. The van der Waals surface area contributed by atoms with E-state index in [1.807, 2.05) is 47.4 Å². The second kappa shape index (κ2) is 7.14. The van der Waals surface area contributed by atoms with Crippen LogP contribution in [0.1, 0.15) is 16.2 Å². The molecule has 0 unspecified atom stereocenters. The van der Waals surface area contributed by atoms with Crippen LogP contribution in [0, 0.1) is 0 Å². The normalized spacial score (nSPS) is 15.2. The highest BCUT2D eigenvalue weighted by Gasteiger charge is 2.25. The fourth-order valence-electron chi connectivity index (χ4n) is 3.80. The average molecular weight is 388 g/mol. The number of piperazine rings is 1. The van der Waals surface area contributed by atoms with E-state index in [1.165, 1.54) is 4.40 Å². The number of nitrogens with zero attached hydrogens (tertiary/aromatic N) is 5. The first-order chi connectivity index (χ1) is 14.2. The van der Waals surface area contributed by atoms with Crippen LogP contribution in [0.4, 0.5) is 0 Å². The number of H-pyrrole nitrogens is 1. The maximum atomic E-state index is 12.9. The first-order valence-electron chi connectivity index (χ1n) is 9.61. The van der Waals surface area contributed by atoms with Gasteiger partial charge in [-0.15, -0.1) is 0 Å². The third-order valence-electron chi connectivity index (χ3n) is 5.34. The smallest absolute Gasteiger partial charge is 0.275 e. The second-order valence-corrected chi connectivity index (χ2v) is 7.20. The van der Waals surface area contributed by atoms with Crippen LogP contribution in [0.25, 0.3) is 16.6 Å². The highest BCUT2D eigenvalue weighted by atomic mass is 16.2. The summed E-state index contributed by atoms with van der Waals surface area (Å²) in [6, 6.07) is 14.7. The van der Waals surface area contributed by atoms with Gasteiger partial charge in [-0.1, -0.05) is 24.3 Å². The van der Waals surface area contributed by atoms with E-state index in [4.69, 9.17) is 0 Å². The van der Waals surface area contributed by atoms with Gasteiger partial charge in [-0.05, 0) is 18.2 Å². The zero-order chi connectivity index (χ0) is 19.8. The van der Waals surface area contributed by atoms with Crippen molar-refractivity contribution in [2.75, 3.05) is 26.2 Å². The van der Waals surface area contributed by atoms with Crippen LogP contribution in [-0.2, 0) is 6.54 Å². The molecular weight excluding hydrogens is 368 g/mol. The quantitative estimate of drug-likeness (QED) is 0.575. The molecule has 4 aromatic rings. The van der Waals surface area contributed by atoms with E-state index in [1.54, 1.807) is 12.3 Å². The number of hydrogen-bond acceptors (Lipinski definition) is 5. The summed E-state index contributed by atoms with van der Waals surface area (Å²) in [5, 5.41) is 7.99. The van der Waals surface area contributed by atoms with Crippen LogP contribution in [0.3, 0.4) is 0 Å². The Bertz CT molecular complexity index is 1250. The zero-order valence-electron chi connectivity index (χ0n) is 15.8. The third-order valence-corrected chi connectivity index (χ3v) is 5.34. The molecule has 0 saturated carbocycles. The molecule has 1 N–H and O–H groups in total. The summed E-state index contributed by atoms with van der Waals surface area (Å²) in [6.07, 6.45) is 1.72. The number of rotatable bonds is 3. The zero-order valence-corrected chi connectivity index (χ0v) is 15.8. The Morgan fingerprint density at radius 1 is 1.03 bits per heavy atom. The van der Waals surface area contributed by atoms with E-state index < -0.39 is 0 Å². The van der Waals surface area contributed by atoms with Crippen LogP contribution in [0.15, 0.2) is 59.5 Å². The van der Waals surface area contributed by atoms with Gasteiger partial charge < -0.3 is 4.90 Å². The molecule has 1 saturated heterocycles. The molecule has 1 fully saturated rings. The van der Waals surface area contributed by atoms with Gasteiger partial charge >= 0.3 is 0 Å². The van der Waals surface area contributed by atoms with Crippen molar-refractivity contribution in [3.05, 3.63) is 76.5 Å². The lowest BCUT2D eigenvalue weighted by Crippen LogP contribution is -2.48. The molecule has 1 aliphatic rings. The average Bonchev–Trinajstić information content (AvgIpc) is 3.18. The van der Waals surface area contributed by atoms with Crippen molar-refractivity contribution in [3.8, 4) is 0 Å². The number of aromatic nitrogens is 4. The predicted octanol–water partition coefficient (Wildman–Crippen LogP) is 1.53. The highest BCUT2D eigenvalue weighted by molar-refractivity contribution is 6.04. The number of carbonyl (C=O) groups is 1. The van der Waals surface area contributed by atoms with Crippen molar-refractivity contribution in [2.24, 2.45) is 0 Å². The highest BCUT2D eigenvalue weighted by Crippen LogP contribution is 2.18. The molecule has 1 aromatic carbocycles. The monoisotopic (exact) mass is 388 g/mol. The van der Waals surface area contributed by atoms with Crippen molar-refractivity contribution in [2.45, 2.75) is 6.54 Å². The molecule has 146 valence electrons. The maximum absolute atomic E-state index is 12.9. The maximum Gasteiger partial charge on any atom is 0.275 e. The number of fused-ring (bicyclic) bond motifs is 2. The number of para-hydroxylation sites is 1. The van der Waals surface area contributed by atoms with Crippen LogP contribution in [0.2, 0.25) is 0 Å². The van der Waals surface area contributed by atoms with Gasteiger partial charge in [-0.3, -0.25) is 24.0 Å². The van der Waals surface area contributed by atoms with E-state index in [-0.39, 0.29) is 11.5 Å². The van der Waals surface area contributed by atoms with E-state index in [2.05, 4.69) is 20.1 Å². The minimum absolute atomic E-state index is 0.0517. The number of amides is 1. The number of hydrogen-bond donors (Lipinski definition) is 1. The number of benzene rings is 1.